The summed E-state index contributed by atoms with van der Waals surface area (Å²) in [6.45, 7) is 4.23. The summed E-state index contributed by atoms with van der Waals surface area (Å²) in [4.78, 5) is 0. The van der Waals surface area contributed by atoms with E-state index in [1.54, 1.807) is 0 Å². The molecule has 2 atom stereocenters. The minimum absolute atomic E-state index is 0.0635. The Labute approximate surface area is 82.3 Å². The molecule has 0 heterocycles. The van der Waals surface area contributed by atoms with E-state index in [0.717, 1.165) is 17.3 Å². The Kier molecular flexibility index (Phi) is 3.13. The van der Waals surface area contributed by atoms with Crippen molar-refractivity contribution in [1.29, 1.82) is 0 Å². The van der Waals surface area contributed by atoms with Crippen LogP contribution in [0, 0.1) is 5.41 Å². The van der Waals surface area contributed by atoms with Gasteiger partial charge in [-0.15, -0.1) is 0 Å². The number of halogens is 1. The molecule has 0 aromatic carbocycles. The van der Waals surface area contributed by atoms with E-state index in [1.807, 2.05) is 12.2 Å². The summed E-state index contributed by atoms with van der Waals surface area (Å²) < 4.78 is 0.976. The van der Waals surface area contributed by atoms with Crippen molar-refractivity contribution in [3.8, 4) is 0 Å². The zero-order valence-electron chi connectivity index (χ0n) is 7.55. The van der Waals surface area contributed by atoms with Crippen LogP contribution in [0.1, 0.15) is 26.7 Å². The van der Waals surface area contributed by atoms with Crippen LogP contribution in [0.15, 0.2) is 22.7 Å². The number of rotatable bonds is 2. The summed E-state index contributed by atoms with van der Waals surface area (Å²) in [6.07, 6.45) is 7.74. The van der Waals surface area contributed by atoms with Gasteiger partial charge in [-0.05, 0) is 12.5 Å². The lowest BCUT2D eigenvalue weighted by Crippen LogP contribution is -2.30. The maximum Gasteiger partial charge on any atom is 0.0822 e. The quantitative estimate of drug-likeness (QED) is 0.774. The van der Waals surface area contributed by atoms with Crippen molar-refractivity contribution in [3.63, 3.8) is 0 Å². The van der Waals surface area contributed by atoms with Gasteiger partial charge in [0, 0.05) is 9.90 Å². The Balaban J connectivity index is 2.76. The monoisotopic (exact) mass is 230 g/mol. The minimum Gasteiger partial charge on any atom is -0.388 e. The van der Waals surface area contributed by atoms with Crippen LogP contribution in [0.2, 0.25) is 0 Å². The zero-order valence-corrected chi connectivity index (χ0v) is 9.13. The summed E-state index contributed by atoms with van der Waals surface area (Å²) in [6, 6.07) is 0. The molecule has 0 radical (unpaired) electrons. The summed E-state index contributed by atoms with van der Waals surface area (Å²) in [5.74, 6) is 0. The van der Waals surface area contributed by atoms with Crippen LogP contribution in [-0.4, -0.2) is 11.2 Å². The molecule has 68 valence electrons. The van der Waals surface area contributed by atoms with Crippen molar-refractivity contribution in [3.05, 3.63) is 22.7 Å². The summed E-state index contributed by atoms with van der Waals surface area (Å²) in [7, 11) is 0. The van der Waals surface area contributed by atoms with Crippen LogP contribution in [0.5, 0.6) is 0 Å². The van der Waals surface area contributed by atoms with Gasteiger partial charge in [-0.3, -0.25) is 0 Å². The molecule has 0 aromatic heterocycles. The zero-order chi connectivity index (χ0) is 9.19. The van der Waals surface area contributed by atoms with Crippen molar-refractivity contribution in [2.24, 2.45) is 5.41 Å². The standard InChI is InChI=1S/C10H15BrO/c1-3-5-10(2)6-4-8(11)7-9(10)12/h4,6-7,9,12H,3,5H2,1-2H3. The van der Waals surface area contributed by atoms with Crippen molar-refractivity contribution in [2.75, 3.05) is 0 Å². The highest BCUT2D eigenvalue weighted by Crippen LogP contribution is 2.35. The number of allylic oxidation sites excluding steroid dienone is 2. The maximum atomic E-state index is 9.77. The summed E-state index contributed by atoms with van der Waals surface area (Å²) in [5.41, 5.74) is -0.0635. The average Bonchev–Trinajstić information content (AvgIpc) is 1.99. The van der Waals surface area contributed by atoms with E-state index in [9.17, 15) is 5.11 Å². The molecule has 0 amide bonds. The normalized spacial score (nSPS) is 35.0. The Bertz CT molecular complexity index is 220. The van der Waals surface area contributed by atoms with Gasteiger partial charge in [0.15, 0.2) is 0 Å². The van der Waals surface area contributed by atoms with E-state index in [2.05, 4.69) is 35.9 Å². The van der Waals surface area contributed by atoms with E-state index >= 15 is 0 Å². The van der Waals surface area contributed by atoms with Gasteiger partial charge in [-0.2, -0.15) is 0 Å². The molecule has 1 nitrogen and oxygen atoms in total. The Morgan fingerprint density at radius 1 is 1.67 bits per heavy atom. The van der Waals surface area contributed by atoms with Gasteiger partial charge in [0.2, 0.25) is 0 Å². The van der Waals surface area contributed by atoms with Gasteiger partial charge in [0.1, 0.15) is 0 Å². The minimum atomic E-state index is -0.350. The van der Waals surface area contributed by atoms with Gasteiger partial charge >= 0.3 is 0 Å². The smallest absolute Gasteiger partial charge is 0.0822 e. The van der Waals surface area contributed by atoms with Crippen molar-refractivity contribution >= 4 is 15.9 Å². The fourth-order valence-electron chi connectivity index (χ4n) is 1.54. The second kappa shape index (κ2) is 3.75. The first kappa shape index (κ1) is 10.0. The van der Waals surface area contributed by atoms with E-state index in [0.29, 0.717) is 0 Å². The number of aliphatic hydroxyl groups is 1. The Morgan fingerprint density at radius 3 is 2.83 bits per heavy atom. The molecule has 0 saturated heterocycles. The number of aliphatic hydroxyl groups excluding tert-OH is 1. The lowest BCUT2D eigenvalue weighted by atomic mass is 9.77. The predicted molar refractivity (Wildman–Crippen MR) is 55.2 cm³/mol. The largest absolute Gasteiger partial charge is 0.388 e. The molecular weight excluding hydrogens is 216 g/mol. The van der Waals surface area contributed by atoms with E-state index in [1.165, 1.54) is 0 Å². The second-order valence-electron chi connectivity index (χ2n) is 3.59. The first-order chi connectivity index (χ1) is 5.58. The molecule has 0 aromatic rings. The summed E-state index contributed by atoms with van der Waals surface area (Å²) in [5, 5.41) is 9.77. The molecule has 0 aliphatic heterocycles. The molecule has 1 rings (SSSR count). The molecule has 2 heteroatoms. The predicted octanol–water partition coefficient (Wildman–Crippen LogP) is 3.00. The second-order valence-corrected chi connectivity index (χ2v) is 4.50. The molecule has 2 unspecified atom stereocenters. The fourth-order valence-corrected chi connectivity index (χ4v) is 1.92. The van der Waals surface area contributed by atoms with Crippen molar-refractivity contribution in [1.82, 2.24) is 0 Å². The highest BCUT2D eigenvalue weighted by molar-refractivity contribution is 9.11. The number of hydrogen-bond acceptors (Lipinski definition) is 1. The van der Waals surface area contributed by atoms with Crippen LogP contribution in [0.4, 0.5) is 0 Å². The highest BCUT2D eigenvalue weighted by atomic mass is 79.9. The van der Waals surface area contributed by atoms with Gasteiger partial charge in [0.05, 0.1) is 6.10 Å². The Morgan fingerprint density at radius 2 is 2.33 bits per heavy atom. The van der Waals surface area contributed by atoms with Crippen LogP contribution >= 0.6 is 15.9 Å². The molecule has 0 fully saturated rings. The van der Waals surface area contributed by atoms with Crippen molar-refractivity contribution in [2.45, 2.75) is 32.8 Å². The average molecular weight is 231 g/mol. The topological polar surface area (TPSA) is 20.2 Å². The van der Waals surface area contributed by atoms with E-state index in [4.69, 9.17) is 0 Å². The summed E-state index contributed by atoms with van der Waals surface area (Å²) >= 11 is 3.35. The lowest BCUT2D eigenvalue weighted by molar-refractivity contribution is 0.103. The first-order valence-electron chi connectivity index (χ1n) is 4.33. The molecule has 0 spiro atoms. The van der Waals surface area contributed by atoms with Crippen LogP contribution in [0.25, 0.3) is 0 Å². The van der Waals surface area contributed by atoms with Crippen molar-refractivity contribution < 1.29 is 5.11 Å². The molecule has 1 N–H and O–H groups in total. The molecular formula is C10H15BrO. The molecule has 1 aliphatic rings. The molecule has 0 saturated carbocycles. The third-order valence-corrected chi connectivity index (χ3v) is 2.93. The van der Waals surface area contributed by atoms with Crippen LogP contribution < -0.4 is 0 Å². The fraction of sp³-hybridized carbons (Fsp3) is 0.600. The molecule has 12 heavy (non-hydrogen) atoms. The maximum absolute atomic E-state index is 9.77. The number of hydrogen-bond donors (Lipinski definition) is 1. The Hall–Kier alpha value is -0.0800. The van der Waals surface area contributed by atoms with E-state index in [-0.39, 0.29) is 11.5 Å². The highest BCUT2D eigenvalue weighted by Gasteiger charge is 2.29. The van der Waals surface area contributed by atoms with Crippen LogP contribution in [-0.2, 0) is 0 Å². The third kappa shape index (κ3) is 1.99. The first-order valence-corrected chi connectivity index (χ1v) is 5.12. The van der Waals surface area contributed by atoms with Gasteiger partial charge < -0.3 is 5.11 Å². The van der Waals surface area contributed by atoms with Gasteiger partial charge in [-0.25, -0.2) is 0 Å². The van der Waals surface area contributed by atoms with E-state index < -0.39 is 0 Å². The third-order valence-electron chi connectivity index (χ3n) is 2.40. The van der Waals surface area contributed by atoms with Crippen LogP contribution in [0.3, 0.4) is 0 Å². The van der Waals surface area contributed by atoms with Gasteiger partial charge in [0.25, 0.3) is 0 Å². The van der Waals surface area contributed by atoms with Gasteiger partial charge in [-0.1, -0.05) is 48.4 Å². The SMILES string of the molecule is CCCC1(C)C=CC(Br)=CC1O. The molecule has 0 bridgehead atoms. The molecule has 1 aliphatic carbocycles. The lowest BCUT2D eigenvalue weighted by Gasteiger charge is -2.32.